The molecule has 0 spiro atoms. The van der Waals surface area contributed by atoms with Crippen LogP contribution in [0.2, 0.25) is 0 Å². The second-order valence-corrected chi connectivity index (χ2v) is 5.33. The lowest BCUT2D eigenvalue weighted by Gasteiger charge is -2.01. The van der Waals surface area contributed by atoms with Crippen LogP contribution in [0.1, 0.15) is 44.7 Å². The molecule has 0 amide bonds. The zero-order chi connectivity index (χ0) is 18.2. The summed E-state index contributed by atoms with van der Waals surface area (Å²) in [5.41, 5.74) is 3.77. The van der Waals surface area contributed by atoms with Crippen LogP contribution in [0.3, 0.4) is 0 Å². The normalized spacial score (nSPS) is 9.92. The maximum atomic E-state index is 3.91. The van der Waals surface area contributed by atoms with Crippen molar-refractivity contribution in [3.8, 4) is 0 Å². The third kappa shape index (κ3) is 10.3. The maximum absolute atomic E-state index is 3.91. The summed E-state index contributed by atoms with van der Waals surface area (Å²) in [7, 11) is 0. The average molecular weight is 326 g/mol. The van der Waals surface area contributed by atoms with Crippen LogP contribution >= 0.6 is 0 Å². The van der Waals surface area contributed by atoms with Gasteiger partial charge in [0.15, 0.2) is 0 Å². The molecule has 2 aromatic rings. The van der Waals surface area contributed by atoms with Gasteiger partial charge in [-0.3, -0.25) is 0 Å². The monoisotopic (exact) mass is 325 g/mol. The van der Waals surface area contributed by atoms with Crippen molar-refractivity contribution in [3.63, 3.8) is 0 Å². The molecule has 0 aliphatic carbocycles. The molecule has 0 saturated carbocycles. The van der Waals surface area contributed by atoms with Crippen molar-refractivity contribution in [2.24, 2.45) is 0 Å². The summed E-state index contributed by atoms with van der Waals surface area (Å²) in [6, 6.07) is 8.39. The molecule has 3 heteroatoms. The summed E-state index contributed by atoms with van der Waals surface area (Å²) in [6.45, 7) is 16.4. The van der Waals surface area contributed by atoms with E-state index >= 15 is 0 Å². The highest BCUT2D eigenvalue weighted by atomic mass is 15.4. The van der Waals surface area contributed by atoms with E-state index in [-0.39, 0.29) is 0 Å². The first-order chi connectivity index (χ1) is 11.6. The Hall–Kier alpha value is -2.42. The van der Waals surface area contributed by atoms with Gasteiger partial charge < -0.3 is 0 Å². The largest absolute Gasteiger partial charge is 0.248 e. The van der Waals surface area contributed by atoms with E-state index in [1.54, 1.807) is 12.3 Å². The van der Waals surface area contributed by atoms with E-state index < -0.39 is 0 Å². The number of benzene rings is 1. The molecule has 24 heavy (non-hydrogen) atoms. The van der Waals surface area contributed by atoms with E-state index in [4.69, 9.17) is 0 Å². The quantitative estimate of drug-likeness (QED) is 0.656. The number of rotatable bonds is 5. The zero-order valence-electron chi connectivity index (χ0n) is 15.6. The van der Waals surface area contributed by atoms with Gasteiger partial charge in [0.1, 0.15) is 0 Å². The van der Waals surface area contributed by atoms with E-state index in [1.807, 2.05) is 23.0 Å². The third-order valence-electron chi connectivity index (χ3n) is 2.90. The van der Waals surface area contributed by atoms with Crippen molar-refractivity contribution in [2.45, 2.75) is 47.1 Å². The summed E-state index contributed by atoms with van der Waals surface area (Å²) >= 11 is 0. The summed E-state index contributed by atoms with van der Waals surface area (Å²) in [6.07, 6.45) is 11.4. The van der Waals surface area contributed by atoms with Gasteiger partial charge in [-0.05, 0) is 24.5 Å². The van der Waals surface area contributed by atoms with Crippen molar-refractivity contribution in [1.29, 1.82) is 0 Å². The molecule has 3 nitrogen and oxygen atoms in total. The van der Waals surface area contributed by atoms with Crippen LogP contribution < -0.4 is 0 Å². The highest BCUT2D eigenvalue weighted by molar-refractivity contribution is 5.22. The van der Waals surface area contributed by atoms with Crippen LogP contribution in [0.15, 0.2) is 73.6 Å². The van der Waals surface area contributed by atoms with E-state index in [2.05, 4.69) is 75.4 Å². The summed E-state index contributed by atoms with van der Waals surface area (Å²) in [4.78, 5) is 0. The van der Waals surface area contributed by atoms with E-state index in [9.17, 15) is 0 Å². The van der Waals surface area contributed by atoms with Gasteiger partial charge in [0.25, 0.3) is 0 Å². The van der Waals surface area contributed by atoms with E-state index in [0.717, 1.165) is 13.0 Å². The number of hydrogen-bond acceptors (Lipinski definition) is 2. The van der Waals surface area contributed by atoms with Crippen molar-refractivity contribution in [1.82, 2.24) is 15.0 Å². The van der Waals surface area contributed by atoms with Crippen molar-refractivity contribution >= 4 is 0 Å². The number of allylic oxidation sites excluding steroid dienone is 4. The first kappa shape index (κ1) is 21.6. The Kier molecular flexibility index (Phi) is 12.8. The predicted molar refractivity (Wildman–Crippen MR) is 105 cm³/mol. The maximum Gasteiger partial charge on any atom is 0.0693 e. The molecule has 130 valence electrons. The van der Waals surface area contributed by atoms with Crippen molar-refractivity contribution in [3.05, 3.63) is 84.7 Å². The summed E-state index contributed by atoms with van der Waals surface area (Å²) in [5.74, 6) is 0. The van der Waals surface area contributed by atoms with Gasteiger partial charge in [0.05, 0.1) is 12.7 Å². The predicted octanol–water partition coefficient (Wildman–Crippen LogP) is 5.75. The molecular formula is C21H31N3. The van der Waals surface area contributed by atoms with Gasteiger partial charge >= 0.3 is 0 Å². The second kappa shape index (κ2) is 14.2. The lowest BCUT2D eigenvalue weighted by atomic mass is 10.1. The molecule has 0 atom stereocenters. The lowest BCUT2D eigenvalue weighted by Crippen LogP contribution is -2.00. The Morgan fingerprint density at radius 3 is 2.33 bits per heavy atom. The molecule has 0 aliphatic rings. The summed E-state index contributed by atoms with van der Waals surface area (Å²) in [5, 5.41) is 7.66. The standard InChI is InChI=1S/C10H11N3.C8H12.C3H8/c1-9-3-2-4-10(7-9)8-13-6-5-11-12-13;1-4-7-8(5-2)6-3;1-3-2/h2-7H,8H2,1H3;4-5,7H,1-2,6H2,3H3;3H2,1-2H3/b;8-7+;. The van der Waals surface area contributed by atoms with Gasteiger partial charge in [-0.1, -0.05) is 93.6 Å². The minimum Gasteiger partial charge on any atom is -0.248 e. The number of nitrogens with zero attached hydrogens (tertiary/aromatic N) is 3. The average Bonchev–Trinajstić information content (AvgIpc) is 3.07. The van der Waals surface area contributed by atoms with Crippen LogP contribution in [0, 0.1) is 6.92 Å². The van der Waals surface area contributed by atoms with Crippen LogP contribution in [0.25, 0.3) is 0 Å². The Bertz CT molecular complexity index is 595. The third-order valence-corrected chi connectivity index (χ3v) is 2.90. The Morgan fingerprint density at radius 2 is 1.92 bits per heavy atom. The molecule has 0 fully saturated rings. The van der Waals surface area contributed by atoms with Gasteiger partial charge in [-0.2, -0.15) is 0 Å². The van der Waals surface area contributed by atoms with Crippen molar-refractivity contribution < 1.29 is 0 Å². The topological polar surface area (TPSA) is 30.7 Å². The highest BCUT2D eigenvalue weighted by Crippen LogP contribution is 2.04. The molecule has 0 N–H and O–H groups in total. The molecule has 0 aliphatic heterocycles. The minimum absolute atomic E-state index is 0.793. The molecule has 1 aromatic carbocycles. The summed E-state index contributed by atoms with van der Waals surface area (Å²) < 4.78 is 1.81. The molecule has 2 rings (SSSR count). The smallest absolute Gasteiger partial charge is 0.0693 e. The van der Waals surface area contributed by atoms with Gasteiger partial charge in [0.2, 0.25) is 0 Å². The van der Waals surface area contributed by atoms with Crippen LogP contribution in [0.5, 0.6) is 0 Å². The fourth-order valence-corrected chi connectivity index (χ4v) is 1.80. The lowest BCUT2D eigenvalue weighted by molar-refractivity contribution is 0.649. The second-order valence-electron chi connectivity index (χ2n) is 5.33. The fourth-order valence-electron chi connectivity index (χ4n) is 1.80. The molecule has 0 saturated heterocycles. The number of aryl methyl sites for hydroxylation is 1. The SMILES string of the molecule is C=C/C=C(\C=C)CC.CCC.Cc1cccc(Cn2ccnn2)c1. The Balaban J connectivity index is 0.000000415. The molecule has 1 aromatic heterocycles. The zero-order valence-corrected chi connectivity index (χ0v) is 15.6. The number of aromatic nitrogens is 3. The van der Waals surface area contributed by atoms with E-state index in [0.29, 0.717) is 0 Å². The van der Waals surface area contributed by atoms with Gasteiger partial charge in [-0.25, -0.2) is 4.68 Å². The van der Waals surface area contributed by atoms with Crippen molar-refractivity contribution in [2.75, 3.05) is 0 Å². The van der Waals surface area contributed by atoms with E-state index in [1.165, 1.54) is 23.1 Å². The molecule has 0 bridgehead atoms. The van der Waals surface area contributed by atoms with Gasteiger partial charge in [-0.15, -0.1) is 5.10 Å². The highest BCUT2D eigenvalue weighted by Gasteiger charge is 1.94. The molecule has 1 heterocycles. The van der Waals surface area contributed by atoms with Crippen LogP contribution in [-0.2, 0) is 6.54 Å². The molecular weight excluding hydrogens is 294 g/mol. The first-order valence-corrected chi connectivity index (χ1v) is 8.44. The molecule has 0 unspecified atom stereocenters. The fraction of sp³-hybridized carbons (Fsp3) is 0.333. The number of hydrogen-bond donors (Lipinski definition) is 0. The minimum atomic E-state index is 0.793. The van der Waals surface area contributed by atoms with Gasteiger partial charge in [0, 0.05) is 6.20 Å². The Labute approximate surface area is 147 Å². The Morgan fingerprint density at radius 1 is 1.21 bits per heavy atom. The first-order valence-electron chi connectivity index (χ1n) is 8.44. The van der Waals surface area contributed by atoms with Crippen LogP contribution in [0.4, 0.5) is 0 Å². The van der Waals surface area contributed by atoms with Crippen LogP contribution in [-0.4, -0.2) is 15.0 Å². The molecule has 0 radical (unpaired) electrons.